The van der Waals surface area contributed by atoms with E-state index >= 15 is 0 Å². The van der Waals surface area contributed by atoms with Gasteiger partial charge in [0.05, 0.1) is 6.54 Å². The molecule has 0 aliphatic carbocycles. The summed E-state index contributed by atoms with van der Waals surface area (Å²) in [6.45, 7) is 3.66. The molecule has 2 aliphatic heterocycles. The first-order valence-electron chi connectivity index (χ1n) is 5.02. The van der Waals surface area contributed by atoms with Gasteiger partial charge in [-0.2, -0.15) is 0 Å². The van der Waals surface area contributed by atoms with Gasteiger partial charge in [0.2, 0.25) is 0 Å². The van der Waals surface area contributed by atoms with Crippen molar-refractivity contribution in [2.45, 2.75) is 12.0 Å². The van der Waals surface area contributed by atoms with Gasteiger partial charge >= 0.3 is 6.09 Å². The van der Waals surface area contributed by atoms with Crippen LogP contribution in [0, 0.1) is 0 Å². The van der Waals surface area contributed by atoms with Crippen LogP contribution >= 0.6 is 0 Å². The number of ether oxygens (including phenoxy) is 1. The van der Waals surface area contributed by atoms with Crippen molar-refractivity contribution in [3.63, 3.8) is 0 Å². The number of amides is 1. The molecule has 5 nitrogen and oxygen atoms in total. The molecule has 0 aromatic rings. The lowest BCUT2D eigenvalue weighted by atomic mass is 10.0. The first-order chi connectivity index (χ1) is 6.65. The average molecular weight is 199 g/mol. The SMILES string of the molecule is CN1CCC2(C1)CN(CCN)C(=O)O2. The molecule has 5 heteroatoms. The largest absolute Gasteiger partial charge is 0.439 e. The van der Waals surface area contributed by atoms with Gasteiger partial charge < -0.3 is 20.3 Å². The van der Waals surface area contributed by atoms with Crippen molar-refractivity contribution in [3.05, 3.63) is 0 Å². The van der Waals surface area contributed by atoms with E-state index < -0.39 is 0 Å². The van der Waals surface area contributed by atoms with Gasteiger partial charge in [0, 0.05) is 32.6 Å². The van der Waals surface area contributed by atoms with Crippen LogP contribution in [0.5, 0.6) is 0 Å². The molecule has 2 saturated heterocycles. The van der Waals surface area contributed by atoms with Crippen LogP contribution < -0.4 is 5.73 Å². The van der Waals surface area contributed by atoms with Crippen LogP contribution in [0.2, 0.25) is 0 Å². The van der Waals surface area contributed by atoms with E-state index in [0.29, 0.717) is 19.6 Å². The fraction of sp³-hybridized carbons (Fsp3) is 0.889. The molecule has 0 bridgehead atoms. The number of hydrogen-bond donors (Lipinski definition) is 1. The van der Waals surface area contributed by atoms with E-state index in [1.165, 1.54) is 0 Å². The van der Waals surface area contributed by atoms with Crippen molar-refractivity contribution in [2.24, 2.45) is 5.73 Å². The first-order valence-corrected chi connectivity index (χ1v) is 5.02. The minimum atomic E-state index is -0.249. The Morgan fingerprint density at radius 2 is 2.36 bits per heavy atom. The van der Waals surface area contributed by atoms with Crippen LogP contribution in [-0.2, 0) is 4.74 Å². The van der Waals surface area contributed by atoms with E-state index in [1.807, 2.05) is 7.05 Å². The third-order valence-corrected chi connectivity index (χ3v) is 2.95. The number of carbonyl (C=O) groups is 1. The fourth-order valence-electron chi connectivity index (χ4n) is 2.28. The van der Waals surface area contributed by atoms with Crippen molar-refractivity contribution < 1.29 is 9.53 Å². The zero-order valence-electron chi connectivity index (χ0n) is 8.53. The molecule has 2 aliphatic rings. The predicted molar refractivity (Wildman–Crippen MR) is 52.0 cm³/mol. The lowest BCUT2D eigenvalue weighted by Gasteiger charge is -2.20. The Morgan fingerprint density at radius 1 is 1.57 bits per heavy atom. The number of nitrogens with two attached hydrogens (primary N) is 1. The molecule has 0 aromatic carbocycles. The van der Waals surface area contributed by atoms with Crippen LogP contribution in [0.3, 0.4) is 0 Å². The standard InChI is InChI=1S/C9H17N3O2/c1-11-4-2-9(6-11)7-12(5-3-10)8(13)14-9/h2-7,10H2,1H3. The highest BCUT2D eigenvalue weighted by Gasteiger charge is 2.48. The first kappa shape index (κ1) is 9.73. The predicted octanol–water partition coefficient (Wildman–Crippen LogP) is -0.528. The maximum Gasteiger partial charge on any atom is 0.410 e. The van der Waals surface area contributed by atoms with Gasteiger partial charge in [-0.1, -0.05) is 0 Å². The van der Waals surface area contributed by atoms with E-state index in [0.717, 1.165) is 19.5 Å². The smallest absolute Gasteiger partial charge is 0.410 e. The second kappa shape index (κ2) is 3.40. The van der Waals surface area contributed by atoms with Gasteiger partial charge in [-0.05, 0) is 7.05 Å². The van der Waals surface area contributed by atoms with Crippen molar-refractivity contribution in [1.82, 2.24) is 9.80 Å². The zero-order valence-corrected chi connectivity index (χ0v) is 8.53. The van der Waals surface area contributed by atoms with Crippen LogP contribution in [0.15, 0.2) is 0 Å². The quantitative estimate of drug-likeness (QED) is 0.649. The molecule has 80 valence electrons. The Bertz CT molecular complexity index is 246. The molecule has 2 N–H and O–H groups in total. The number of likely N-dealkylation sites (N-methyl/N-ethyl adjacent to an activating group) is 1. The molecule has 1 spiro atoms. The van der Waals surface area contributed by atoms with Gasteiger partial charge in [0.25, 0.3) is 0 Å². The Hall–Kier alpha value is -0.810. The Kier molecular flexibility index (Phi) is 2.36. The highest BCUT2D eigenvalue weighted by molar-refractivity contribution is 5.70. The number of rotatable bonds is 2. The monoisotopic (exact) mass is 199 g/mol. The average Bonchev–Trinajstić information content (AvgIpc) is 2.60. The summed E-state index contributed by atoms with van der Waals surface area (Å²) in [6.07, 6.45) is 0.738. The molecule has 0 radical (unpaired) electrons. The zero-order chi connectivity index (χ0) is 10.2. The van der Waals surface area contributed by atoms with Crippen molar-refractivity contribution in [2.75, 3.05) is 39.8 Å². The number of carbonyl (C=O) groups excluding carboxylic acids is 1. The van der Waals surface area contributed by atoms with Crippen LogP contribution in [-0.4, -0.2) is 61.3 Å². The Morgan fingerprint density at radius 3 is 2.93 bits per heavy atom. The molecule has 2 heterocycles. The van der Waals surface area contributed by atoms with Gasteiger partial charge in [-0.15, -0.1) is 0 Å². The molecule has 1 unspecified atom stereocenters. The van der Waals surface area contributed by atoms with Crippen molar-refractivity contribution in [1.29, 1.82) is 0 Å². The molecule has 0 saturated carbocycles. The van der Waals surface area contributed by atoms with Gasteiger partial charge in [0.15, 0.2) is 0 Å². The number of hydrogen-bond acceptors (Lipinski definition) is 4. The second-order valence-electron chi connectivity index (χ2n) is 4.25. The Labute approximate surface area is 83.8 Å². The van der Waals surface area contributed by atoms with Gasteiger partial charge in [-0.3, -0.25) is 0 Å². The summed E-state index contributed by atoms with van der Waals surface area (Å²) in [5.74, 6) is 0. The molecule has 2 fully saturated rings. The normalized spacial score (nSPS) is 33.0. The van der Waals surface area contributed by atoms with Crippen LogP contribution in [0.25, 0.3) is 0 Å². The third-order valence-electron chi connectivity index (χ3n) is 2.95. The van der Waals surface area contributed by atoms with Gasteiger partial charge in [0.1, 0.15) is 5.60 Å². The van der Waals surface area contributed by atoms with E-state index in [2.05, 4.69) is 4.90 Å². The minimum absolute atomic E-state index is 0.203. The molecular weight excluding hydrogens is 182 g/mol. The summed E-state index contributed by atoms with van der Waals surface area (Å²) in [5.41, 5.74) is 5.18. The molecule has 1 atom stereocenters. The molecule has 2 rings (SSSR count). The minimum Gasteiger partial charge on any atom is -0.439 e. The van der Waals surface area contributed by atoms with Crippen molar-refractivity contribution >= 4 is 6.09 Å². The van der Waals surface area contributed by atoms with Crippen LogP contribution in [0.1, 0.15) is 6.42 Å². The lowest BCUT2D eigenvalue weighted by molar-refractivity contribution is 0.0656. The summed E-state index contributed by atoms with van der Waals surface area (Å²) in [7, 11) is 2.05. The van der Waals surface area contributed by atoms with Gasteiger partial charge in [-0.25, -0.2) is 4.79 Å². The topological polar surface area (TPSA) is 58.8 Å². The van der Waals surface area contributed by atoms with E-state index in [9.17, 15) is 4.79 Å². The summed E-state index contributed by atoms with van der Waals surface area (Å²) in [4.78, 5) is 15.4. The van der Waals surface area contributed by atoms with Crippen LogP contribution in [0.4, 0.5) is 4.79 Å². The molecular formula is C9H17N3O2. The lowest BCUT2D eigenvalue weighted by Crippen LogP contribution is -2.38. The molecule has 14 heavy (non-hydrogen) atoms. The van der Waals surface area contributed by atoms with Crippen molar-refractivity contribution in [3.8, 4) is 0 Å². The van der Waals surface area contributed by atoms with E-state index in [1.54, 1.807) is 4.90 Å². The highest BCUT2D eigenvalue weighted by Crippen LogP contribution is 2.31. The molecule has 1 amide bonds. The second-order valence-corrected chi connectivity index (χ2v) is 4.25. The maximum absolute atomic E-state index is 11.5. The summed E-state index contributed by atoms with van der Waals surface area (Å²) in [6, 6.07) is 0. The number of likely N-dealkylation sites (tertiary alicyclic amines) is 1. The maximum atomic E-state index is 11.5. The highest BCUT2D eigenvalue weighted by atomic mass is 16.6. The van der Waals surface area contributed by atoms with E-state index in [4.69, 9.17) is 10.5 Å². The Balaban J connectivity index is 2.01. The fourth-order valence-corrected chi connectivity index (χ4v) is 2.28. The van der Waals surface area contributed by atoms with E-state index in [-0.39, 0.29) is 11.7 Å². The molecule has 0 aromatic heterocycles. The summed E-state index contributed by atoms with van der Waals surface area (Å²) in [5, 5.41) is 0. The third kappa shape index (κ3) is 1.57. The number of nitrogens with zero attached hydrogens (tertiary/aromatic N) is 2. The summed E-state index contributed by atoms with van der Waals surface area (Å²) >= 11 is 0. The summed E-state index contributed by atoms with van der Waals surface area (Å²) < 4.78 is 5.44.